The predicted molar refractivity (Wildman–Crippen MR) is 103 cm³/mol. The number of ether oxygens (including phenoxy) is 1. The molecule has 3 aromatic rings. The minimum Gasteiger partial charge on any atom is -0.495 e. The average Bonchev–Trinajstić information content (AvgIpc) is 2.99. The van der Waals surface area contributed by atoms with Crippen LogP contribution in [0.1, 0.15) is 10.4 Å². The molecule has 0 saturated heterocycles. The van der Waals surface area contributed by atoms with E-state index >= 15 is 0 Å². The second-order valence-corrected chi connectivity index (χ2v) is 6.76. The summed E-state index contributed by atoms with van der Waals surface area (Å²) in [5, 5.41) is 11.4. The Kier molecular flexibility index (Phi) is 5.26. The summed E-state index contributed by atoms with van der Waals surface area (Å²) in [6.07, 6.45) is 5.46. The van der Waals surface area contributed by atoms with Gasteiger partial charge in [0, 0.05) is 11.1 Å². The lowest BCUT2D eigenvalue weighted by Gasteiger charge is -2.05. The van der Waals surface area contributed by atoms with Crippen LogP contribution in [-0.2, 0) is 6.54 Å². The summed E-state index contributed by atoms with van der Waals surface area (Å²) in [5.41, 5.74) is 0.148. The number of hydrogen-bond donors (Lipinski definition) is 0. The fourth-order valence-corrected chi connectivity index (χ4v) is 3.79. The van der Waals surface area contributed by atoms with Crippen molar-refractivity contribution in [1.29, 1.82) is 0 Å². The van der Waals surface area contributed by atoms with E-state index in [-0.39, 0.29) is 22.8 Å². The number of benzene rings is 2. The fourth-order valence-electron chi connectivity index (χ4n) is 2.57. The Bertz CT molecular complexity index is 1170. The number of halogens is 1. The largest absolute Gasteiger partial charge is 0.495 e. The molecule has 0 bridgehead atoms. The van der Waals surface area contributed by atoms with Crippen molar-refractivity contribution in [3.8, 4) is 18.1 Å². The number of nitro benzene ring substituents is 1. The molecule has 2 aromatic carbocycles. The third-order valence-electron chi connectivity index (χ3n) is 3.72. The van der Waals surface area contributed by atoms with Crippen LogP contribution in [0.15, 0.2) is 41.4 Å². The van der Waals surface area contributed by atoms with Gasteiger partial charge in [-0.1, -0.05) is 34.9 Å². The first-order valence-corrected chi connectivity index (χ1v) is 8.78. The van der Waals surface area contributed by atoms with Crippen LogP contribution in [0.3, 0.4) is 0 Å². The highest BCUT2D eigenvalue weighted by Crippen LogP contribution is 2.28. The van der Waals surface area contributed by atoms with Gasteiger partial charge in [-0.15, -0.1) is 6.42 Å². The number of rotatable bonds is 4. The maximum atomic E-state index is 12.7. The Labute approximate surface area is 162 Å². The maximum absolute atomic E-state index is 12.7. The number of hydrogen-bond acceptors (Lipinski definition) is 5. The third kappa shape index (κ3) is 3.56. The normalized spacial score (nSPS) is 11.4. The molecule has 0 atom stereocenters. The van der Waals surface area contributed by atoms with Gasteiger partial charge in [0.1, 0.15) is 16.8 Å². The molecule has 1 heterocycles. The SMILES string of the molecule is C#CCn1c(=NC(=O)c2cc(Cl)ccc2[N+](=O)[O-])sc2cccc(OC)c21. The Morgan fingerprint density at radius 2 is 2.22 bits per heavy atom. The van der Waals surface area contributed by atoms with E-state index in [2.05, 4.69) is 10.9 Å². The van der Waals surface area contributed by atoms with Crippen molar-refractivity contribution in [2.45, 2.75) is 6.54 Å². The highest BCUT2D eigenvalue weighted by molar-refractivity contribution is 7.16. The average molecular weight is 402 g/mol. The molecular weight excluding hydrogens is 390 g/mol. The molecule has 136 valence electrons. The molecule has 0 aliphatic heterocycles. The molecule has 0 unspecified atom stereocenters. The number of para-hydroxylation sites is 1. The summed E-state index contributed by atoms with van der Waals surface area (Å²) in [7, 11) is 1.53. The van der Waals surface area contributed by atoms with E-state index < -0.39 is 10.8 Å². The zero-order valence-corrected chi connectivity index (χ0v) is 15.6. The lowest BCUT2D eigenvalue weighted by Crippen LogP contribution is -2.17. The quantitative estimate of drug-likeness (QED) is 0.379. The standard InChI is InChI=1S/C18H12ClN3O4S/c1-3-9-21-16-14(26-2)5-4-6-15(16)27-18(21)20-17(23)12-10-11(19)7-8-13(12)22(24)25/h1,4-8,10H,9H2,2H3. The highest BCUT2D eigenvalue weighted by Gasteiger charge is 2.21. The van der Waals surface area contributed by atoms with Gasteiger partial charge < -0.3 is 9.30 Å². The number of thiazole rings is 1. The van der Waals surface area contributed by atoms with E-state index in [4.69, 9.17) is 22.8 Å². The van der Waals surface area contributed by atoms with Crippen molar-refractivity contribution in [3.63, 3.8) is 0 Å². The topological polar surface area (TPSA) is 86.7 Å². The summed E-state index contributed by atoms with van der Waals surface area (Å²) in [4.78, 5) is 27.6. The summed E-state index contributed by atoms with van der Waals surface area (Å²) < 4.78 is 7.84. The van der Waals surface area contributed by atoms with Crippen LogP contribution in [0, 0.1) is 22.5 Å². The Balaban J connectivity index is 2.24. The number of fused-ring (bicyclic) bond motifs is 1. The molecule has 0 aliphatic carbocycles. The monoisotopic (exact) mass is 401 g/mol. The Hall–Kier alpha value is -3.15. The van der Waals surface area contributed by atoms with Crippen LogP contribution in [0.25, 0.3) is 10.2 Å². The van der Waals surface area contributed by atoms with E-state index in [1.165, 1.54) is 36.6 Å². The zero-order valence-electron chi connectivity index (χ0n) is 14.0. The molecule has 3 rings (SSSR count). The van der Waals surface area contributed by atoms with Crippen molar-refractivity contribution in [2.75, 3.05) is 7.11 Å². The van der Waals surface area contributed by atoms with E-state index in [9.17, 15) is 14.9 Å². The maximum Gasteiger partial charge on any atom is 0.286 e. The number of amides is 1. The molecule has 7 nitrogen and oxygen atoms in total. The van der Waals surface area contributed by atoms with Gasteiger partial charge in [-0.25, -0.2) is 0 Å². The number of carbonyl (C=O) groups is 1. The van der Waals surface area contributed by atoms with Crippen molar-refractivity contribution >= 4 is 44.7 Å². The second-order valence-electron chi connectivity index (χ2n) is 5.32. The summed E-state index contributed by atoms with van der Waals surface area (Å²) in [6, 6.07) is 9.18. The molecule has 9 heteroatoms. The van der Waals surface area contributed by atoms with Gasteiger partial charge in [0.05, 0.1) is 23.3 Å². The number of methoxy groups -OCH3 is 1. The van der Waals surface area contributed by atoms with E-state index in [0.717, 1.165) is 4.70 Å². The highest BCUT2D eigenvalue weighted by atomic mass is 35.5. The molecule has 27 heavy (non-hydrogen) atoms. The molecule has 1 aromatic heterocycles. The number of aromatic nitrogens is 1. The van der Waals surface area contributed by atoms with Crippen LogP contribution >= 0.6 is 22.9 Å². The van der Waals surface area contributed by atoms with Gasteiger partial charge in [0.2, 0.25) is 0 Å². The van der Waals surface area contributed by atoms with Crippen LogP contribution in [0.5, 0.6) is 5.75 Å². The minimum absolute atomic E-state index is 0.157. The molecule has 0 saturated carbocycles. The first-order chi connectivity index (χ1) is 13.0. The van der Waals surface area contributed by atoms with Crippen molar-refractivity contribution in [1.82, 2.24) is 4.57 Å². The predicted octanol–water partition coefficient (Wildman–Crippen LogP) is 3.65. The van der Waals surface area contributed by atoms with Gasteiger partial charge in [-0.05, 0) is 24.3 Å². The number of carbonyl (C=O) groups excluding carboxylic acids is 1. The number of nitro groups is 1. The van der Waals surface area contributed by atoms with E-state index in [1.54, 1.807) is 10.6 Å². The molecule has 0 fully saturated rings. The van der Waals surface area contributed by atoms with E-state index in [0.29, 0.717) is 16.1 Å². The van der Waals surface area contributed by atoms with Gasteiger partial charge in [0.25, 0.3) is 11.6 Å². The first kappa shape index (κ1) is 18.6. The Morgan fingerprint density at radius 3 is 2.89 bits per heavy atom. The minimum atomic E-state index is -0.777. The smallest absolute Gasteiger partial charge is 0.286 e. The van der Waals surface area contributed by atoms with Crippen LogP contribution in [-0.4, -0.2) is 22.5 Å². The van der Waals surface area contributed by atoms with Gasteiger partial charge in [0.15, 0.2) is 4.80 Å². The van der Waals surface area contributed by atoms with Crippen LogP contribution < -0.4 is 9.54 Å². The lowest BCUT2D eigenvalue weighted by molar-refractivity contribution is -0.385. The summed E-state index contributed by atoms with van der Waals surface area (Å²) >= 11 is 7.12. The molecule has 0 N–H and O–H groups in total. The third-order valence-corrected chi connectivity index (χ3v) is 4.99. The van der Waals surface area contributed by atoms with Gasteiger partial charge in [-0.2, -0.15) is 4.99 Å². The number of nitrogens with zero attached hydrogens (tertiary/aromatic N) is 3. The molecule has 0 spiro atoms. The zero-order chi connectivity index (χ0) is 19.6. The summed E-state index contributed by atoms with van der Waals surface area (Å²) in [6.45, 7) is 0.157. The molecule has 0 aliphatic rings. The Morgan fingerprint density at radius 1 is 1.44 bits per heavy atom. The lowest BCUT2D eigenvalue weighted by atomic mass is 10.2. The molecule has 1 amide bonds. The van der Waals surface area contributed by atoms with Gasteiger partial charge >= 0.3 is 0 Å². The first-order valence-electron chi connectivity index (χ1n) is 7.59. The molecule has 0 radical (unpaired) electrons. The van der Waals surface area contributed by atoms with Crippen molar-refractivity contribution in [3.05, 3.63) is 61.9 Å². The fraction of sp³-hybridized carbons (Fsp3) is 0.111. The molecular formula is C18H12ClN3O4S. The van der Waals surface area contributed by atoms with Crippen molar-refractivity contribution < 1.29 is 14.5 Å². The van der Waals surface area contributed by atoms with Crippen LogP contribution in [0.4, 0.5) is 5.69 Å². The summed E-state index contributed by atoms with van der Waals surface area (Å²) in [5.74, 6) is 2.33. The van der Waals surface area contributed by atoms with Crippen molar-refractivity contribution in [2.24, 2.45) is 4.99 Å². The second kappa shape index (κ2) is 7.61. The van der Waals surface area contributed by atoms with Crippen LogP contribution in [0.2, 0.25) is 5.02 Å². The van der Waals surface area contributed by atoms with E-state index in [1.807, 2.05) is 12.1 Å². The number of terminal acetylenes is 1. The van der Waals surface area contributed by atoms with Gasteiger partial charge in [-0.3, -0.25) is 14.9 Å².